The second-order valence-corrected chi connectivity index (χ2v) is 6.93. The van der Waals surface area contributed by atoms with Gasteiger partial charge in [-0.1, -0.05) is 17.7 Å². The summed E-state index contributed by atoms with van der Waals surface area (Å²) in [6, 6.07) is 14.1. The number of halogens is 1. The van der Waals surface area contributed by atoms with Crippen LogP contribution in [0.2, 0.25) is 5.02 Å². The van der Waals surface area contributed by atoms with E-state index in [1.165, 1.54) is 0 Å². The normalized spacial score (nSPS) is 13.8. The van der Waals surface area contributed by atoms with Gasteiger partial charge in [0.1, 0.15) is 11.4 Å². The summed E-state index contributed by atoms with van der Waals surface area (Å²) in [7, 11) is 1.60. The summed E-state index contributed by atoms with van der Waals surface area (Å²) in [5, 5.41) is 4.11. The number of pyridine rings is 1. The molecule has 6 nitrogen and oxygen atoms in total. The first-order valence-electron chi connectivity index (χ1n) is 8.91. The maximum absolute atomic E-state index is 12.6. The Bertz CT molecular complexity index is 1080. The van der Waals surface area contributed by atoms with Crippen molar-refractivity contribution >= 4 is 45.7 Å². The Labute approximate surface area is 167 Å². The Hall–Kier alpha value is -3.12. The van der Waals surface area contributed by atoms with Crippen LogP contribution in [0.4, 0.5) is 11.4 Å². The molecule has 1 aromatic heterocycles. The standard InChI is InChI=1S/C21H18ClN3O3/c1-28-15-6-8-17-13(11-15)4-7-18(24-17)21(27)23-14-5-9-19(16(22)12-14)25-10-2-3-20(25)26/h4-9,11-12H,2-3,10H2,1H3,(H,23,27). The number of fused-ring (bicyclic) bond motifs is 1. The van der Waals surface area contributed by atoms with Crippen LogP contribution < -0.4 is 15.0 Å². The summed E-state index contributed by atoms with van der Waals surface area (Å²) in [5.41, 5.74) is 2.21. The van der Waals surface area contributed by atoms with E-state index in [4.69, 9.17) is 16.3 Å². The largest absolute Gasteiger partial charge is 0.497 e. The first-order valence-corrected chi connectivity index (χ1v) is 9.29. The molecule has 1 fully saturated rings. The summed E-state index contributed by atoms with van der Waals surface area (Å²) >= 11 is 6.34. The van der Waals surface area contributed by atoms with Crippen LogP contribution in [-0.4, -0.2) is 30.5 Å². The summed E-state index contributed by atoms with van der Waals surface area (Å²) in [6.07, 6.45) is 1.36. The highest BCUT2D eigenvalue weighted by Gasteiger charge is 2.23. The number of carbonyl (C=O) groups is 2. The lowest BCUT2D eigenvalue weighted by Crippen LogP contribution is -2.24. The number of benzene rings is 2. The smallest absolute Gasteiger partial charge is 0.274 e. The minimum Gasteiger partial charge on any atom is -0.497 e. The summed E-state index contributed by atoms with van der Waals surface area (Å²) in [4.78, 5) is 30.6. The fourth-order valence-electron chi connectivity index (χ4n) is 3.26. The maximum Gasteiger partial charge on any atom is 0.274 e. The maximum atomic E-state index is 12.6. The van der Waals surface area contributed by atoms with E-state index in [1.807, 2.05) is 18.2 Å². The SMILES string of the molecule is COc1ccc2nc(C(=O)Nc3ccc(N4CCCC4=O)c(Cl)c3)ccc2c1. The third-order valence-electron chi connectivity index (χ3n) is 4.70. The van der Waals surface area contributed by atoms with Gasteiger partial charge in [0, 0.05) is 24.0 Å². The van der Waals surface area contributed by atoms with Gasteiger partial charge in [0.05, 0.1) is 23.3 Å². The molecule has 7 heteroatoms. The number of carbonyl (C=O) groups excluding carboxylic acids is 2. The van der Waals surface area contributed by atoms with Crippen LogP contribution in [0.15, 0.2) is 48.5 Å². The fraction of sp³-hybridized carbons (Fsp3) is 0.190. The molecule has 0 bridgehead atoms. The first kappa shape index (κ1) is 18.3. The molecule has 0 radical (unpaired) electrons. The van der Waals surface area contributed by atoms with Crippen LogP contribution in [-0.2, 0) is 4.79 Å². The van der Waals surface area contributed by atoms with Crippen LogP contribution in [0.5, 0.6) is 5.75 Å². The van der Waals surface area contributed by atoms with E-state index in [9.17, 15) is 9.59 Å². The van der Waals surface area contributed by atoms with Gasteiger partial charge >= 0.3 is 0 Å². The topological polar surface area (TPSA) is 71.5 Å². The molecule has 0 aliphatic carbocycles. The molecule has 2 amide bonds. The first-order chi connectivity index (χ1) is 13.5. The van der Waals surface area contributed by atoms with Crippen LogP contribution in [0.25, 0.3) is 10.9 Å². The van der Waals surface area contributed by atoms with E-state index < -0.39 is 0 Å². The average Bonchev–Trinajstić information content (AvgIpc) is 3.12. The predicted octanol–water partition coefficient (Wildman–Crippen LogP) is 4.28. The second kappa shape index (κ2) is 7.48. The Morgan fingerprint density at radius 2 is 2.04 bits per heavy atom. The molecule has 0 atom stereocenters. The molecule has 4 rings (SSSR count). The van der Waals surface area contributed by atoms with Crippen molar-refractivity contribution < 1.29 is 14.3 Å². The number of aromatic nitrogens is 1. The van der Waals surface area contributed by atoms with Gasteiger partial charge in [0.25, 0.3) is 5.91 Å². The molecule has 2 heterocycles. The zero-order chi connectivity index (χ0) is 19.7. The van der Waals surface area contributed by atoms with Crippen molar-refractivity contribution in [3.63, 3.8) is 0 Å². The number of nitrogens with one attached hydrogen (secondary N) is 1. The number of hydrogen-bond acceptors (Lipinski definition) is 4. The van der Waals surface area contributed by atoms with Gasteiger partial charge in [-0.3, -0.25) is 9.59 Å². The van der Waals surface area contributed by atoms with Crippen molar-refractivity contribution in [3.8, 4) is 5.75 Å². The van der Waals surface area contributed by atoms with Crippen molar-refractivity contribution in [1.82, 2.24) is 4.98 Å². The minimum absolute atomic E-state index is 0.0654. The van der Waals surface area contributed by atoms with E-state index in [2.05, 4.69) is 10.3 Å². The van der Waals surface area contributed by atoms with E-state index in [0.29, 0.717) is 40.6 Å². The molecule has 0 spiro atoms. The number of rotatable bonds is 4. The number of hydrogen-bond donors (Lipinski definition) is 1. The second-order valence-electron chi connectivity index (χ2n) is 6.52. The van der Waals surface area contributed by atoms with Crippen LogP contribution >= 0.6 is 11.6 Å². The third kappa shape index (κ3) is 3.51. The van der Waals surface area contributed by atoms with E-state index >= 15 is 0 Å². The van der Waals surface area contributed by atoms with Gasteiger partial charge in [-0.05, 0) is 48.9 Å². The molecular formula is C21H18ClN3O3. The quantitative estimate of drug-likeness (QED) is 0.715. The van der Waals surface area contributed by atoms with Crippen molar-refractivity contribution in [2.75, 3.05) is 23.9 Å². The number of ether oxygens (including phenoxy) is 1. The molecule has 1 aliphatic heterocycles. The highest BCUT2D eigenvalue weighted by Crippen LogP contribution is 2.32. The van der Waals surface area contributed by atoms with Gasteiger partial charge in [-0.25, -0.2) is 4.98 Å². The van der Waals surface area contributed by atoms with E-state index in [-0.39, 0.29) is 11.8 Å². The minimum atomic E-state index is -0.334. The Morgan fingerprint density at radius 1 is 1.18 bits per heavy atom. The lowest BCUT2D eigenvalue weighted by molar-refractivity contribution is -0.117. The number of nitrogens with zero attached hydrogens (tertiary/aromatic N) is 2. The molecule has 1 N–H and O–H groups in total. The number of anilines is 2. The zero-order valence-corrected chi connectivity index (χ0v) is 16.0. The molecule has 3 aromatic rings. The summed E-state index contributed by atoms with van der Waals surface area (Å²) in [6.45, 7) is 0.663. The number of methoxy groups -OCH3 is 1. The van der Waals surface area contributed by atoms with Crippen molar-refractivity contribution in [2.24, 2.45) is 0 Å². The van der Waals surface area contributed by atoms with Crippen LogP contribution in [0.3, 0.4) is 0 Å². The zero-order valence-electron chi connectivity index (χ0n) is 15.2. The van der Waals surface area contributed by atoms with Crippen LogP contribution in [0.1, 0.15) is 23.3 Å². The molecule has 142 valence electrons. The van der Waals surface area contributed by atoms with Crippen molar-refractivity contribution in [3.05, 3.63) is 59.2 Å². The highest BCUT2D eigenvalue weighted by molar-refractivity contribution is 6.34. The van der Waals surface area contributed by atoms with Gasteiger partial charge in [-0.2, -0.15) is 0 Å². The average molecular weight is 396 g/mol. The predicted molar refractivity (Wildman–Crippen MR) is 109 cm³/mol. The lowest BCUT2D eigenvalue weighted by Gasteiger charge is -2.18. The Morgan fingerprint density at radius 3 is 2.75 bits per heavy atom. The molecule has 28 heavy (non-hydrogen) atoms. The van der Waals surface area contributed by atoms with Crippen molar-refractivity contribution in [1.29, 1.82) is 0 Å². The fourth-order valence-corrected chi connectivity index (χ4v) is 3.54. The third-order valence-corrected chi connectivity index (χ3v) is 5.00. The molecular weight excluding hydrogens is 378 g/mol. The van der Waals surface area contributed by atoms with E-state index in [1.54, 1.807) is 42.3 Å². The van der Waals surface area contributed by atoms with Gasteiger partial charge in [0.2, 0.25) is 5.91 Å². The molecule has 0 saturated carbocycles. The number of amides is 2. The highest BCUT2D eigenvalue weighted by atomic mass is 35.5. The Balaban J connectivity index is 1.54. The van der Waals surface area contributed by atoms with Gasteiger partial charge < -0.3 is 15.0 Å². The summed E-state index contributed by atoms with van der Waals surface area (Å²) in [5.74, 6) is 0.465. The van der Waals surface area contributed by atoms with Crippen LogP contribution in [0, 0.1) is 0 Å². The molecule has 1 aliphatic rings. The monoisotopic (exact) mass is 395 g/mol. The lowest BCUT2D eigenvalue weighted by atomic mass is 10.2. The van der Waals surface area contributed by atoms with Gasteiger partial charge in [0.15, 0.2) is 0 Å². The molecule has 2 aromatic carbocycles. The van der Waals surface area contributed by atoms with Gasteiger partial charge in [-0.15, -0.1) is 0 Å². The summed E-state index contributed by atoms with van der Waals surface area (Å²) < 4.78 is 5.20. The molecule has 0 unspecified atom stereocenters. The van der Waals surface area contributed by atoms with Crippen molar-refractivity contribution in [2.45, 2.75) is 12.8 Å². The molecule has 1 saturated heterocycles. The Kier molecular flexibility index (Phi) is 4.88. The van der Waals surface area contributed by atoms with E-state index in [0.717, 1.165) is 17.6 Å².